The number of aliphatic hydroxyl groups is 1. The first kappa shape index (κ1) is 22.7. The maximum Gasteiger partial charge on any atom is 0.435 e. The predicted molar refractivity (Wildman–Crippen MR) is 113 cm³/mol. The van der Waals surface area contributed by atoms with Gasteiger partial charge >= 0.3 is 6.18 Å². The summed E-state index contributed by atoms with van der Waals surface area (Å²) in [7, 11) is 0. The fourth-order valence-corrected chi connectivity index (χ4v) is 3.93. The Morgan fingerprint density at radius 2 is 1.94 bits per heavy atom. The fourth-order valence-electron chi connectivity index (χ4n) is 3.93. The number of halogens is 4. The summed E-state index contributed by atoms with van der Waals surface area (Å²) in [5.41, 5.74) is -1.42. The molecule has 4 rings (SSSR count). The molecule has 0 aliphatic carbocycles. The molecule has 33 heavy (non-hydrogen) atoms. The van der Waals surface area contributed by atoms with Gasteiger partial charge in [0, 0.05) is 24.0 Å². The number of hydrogen-bond donors (Lipinski definition) is 2. The van der Waals surface area contributed by atoms with Crippen LogP contribution in [-0.4, -0.2) is 39.0 Å². The molecule has 1 saturated heterocycles. The Bertz CT molecular complexity index is 1280. The monoisotopic (exact) mass is 460 g/mol. The second-order valence-electron chi connectivity index (χ2n) is 8.38. The number of rotatable bonds is 4. The topological polar surface area (TPSA) is 98.0 Å². The molecule has 0 amide bonds. The number of fused-ring (bicyclic) bond motifs is 1. The highest BCUT2D eigenvalue weighted by molar-refractivity contribution is 5.93. The van der Waals surface area contributed by atoms with E-state index in [9.17, 15) is 23.5 Å². The van der Waals surface area contributed by atoms with Gasteiger partial charge < -0.3 is 15.3 Å². The van der Waals surface area contributed by atoms with Crippen molar-refractivity contribution in [1.29, 1.82) is 5.26 Å². The van der Waals surface area contributed by atoms with Gasteiger partial charge in [0.05, 0.1) is 34.1 Å². The molecule has 1 aromatic carbocycles. The van der Waals surface area contributed by atoms with Gasteiger partial charge in [-0.05, 0) is 38.5 Å². The minimum atomic E-state index is -4.74. The second-order valence-corrected chi connectivity index (χ2v) is 8.38. The summed E-state index contributed by atoms with van der Waals surface area (Å²) in [6.07, 6.45) is -6.54. The molecule has 0 radical (unpaired) electrons. The van der Waals surface area contributed by atoms with Crippen molar-refractivity contribution in [1.82, 2.24) is 15.2 Å². The van der Waals surface area contributed by atoms with Crippen molar-refractivity contribution in [3.05, 3.63) is 52.3 Å². The third-order valence-electron chi connectivity index (χ3n) is 5.61. The van der Waals surface area contributed by atoms with Gasteiger partial charge in [0.25, 0.3) is 0 Å². The van der Waals surface area contributed by atoms with Crippen LogP contribution in [0.3, 0.4) is 0 Å². The summed E-state index contributed by atoms with van der Waals surface area (Å²) in [5.74, 6) is -0.0837. The number of nitrogens with zero attached hydrogens (tertiary/aromatic N) is 5. The number of pyridine rings is 1. The molecule has 0 spiro atoms. The molecule has 0 bridgehead atoms. The molecule has 3 heterocycles. The van der Waals surface area contributed by atoms with Crippen LogP contribution in [0.15, 0.2) is 24.3 Å². The van der Waals surface area contributed by atoms with Crippen LogP contribution in [0.4, 0.5) is 29.1 Å². The smallest absolute Gasteiger partial charge is 0.386 e. The standard InChI is InChI=1S/C22H20F4N6O/c1-11-13(8-27)5-4-6-14(11)19(23)29-20-15-7-16(32-9-21(3,33)10-32)18(22(24,25)26)28-17(15)12(2)30-31-20/h4-7,19,33H,9-10H2,1-3H3,(H,29,31)/t19-/m0/s1. The van der Waals surface area contributed by atoms with Gasteiger partial charge in [-0.25, -0.2) is 9.37 Å². The van der Waals surface area contributed by atoms with E-state index in [0.29, 0.717) is 11.1 Å². The molecule has 2 aromatic heterocycles. The van der Waals surface area contributed by atoms with Crippen molar-refractivity contribution in [2.45, 2.75) is 38.8 Å². The lowest BCUT2D eigenvalue weighted by Gasteiger charge is -2.46. The van der Waals surface area contributed by atoms with E-state index in [1.807, 2.05) is 6.07 Å². The molecule has 3 aromatic rings. The van der Waals surface area contributed by atoms with Gasteiger partial charge in [-0.2, -0.15) is 23.5 Å². The lowest BCUT2D eigenvalue weighted by atomic mass is 9.95. The van der Waals surface area contributed by atoms with E-state index >= 15 is 4.39 Å². The number of anilines is 2. The minimum Gasteiger partial charge on any atom is -0.386 e. The Labute approximate surface area is 186 Å². The van der Waals surface area contributed by atoms with Crippen LogP contribution in [-0.2, 0) is 6.18 Å². The highest BCUT2D eigenvalue weighted by atomic mass is 19.4. The van der Waals surface area contributed by atoms with Crippen LogP contribution in [0.5, 0.6) is 0 Å². The number of nitriles is 1. The van der Waals surface area contributed by atoms with Gasteiger partial charge in [-0.15, -0.1) is 5.10 Å². The molecule has 1 aliphatic heterocycles. The van der Waals surface area contributed by atoms with Crippen molar-refractivity contribution in [3.8, 4) is 6.07 Å². The maximum absolute atomic E-state index is 15.2. The lowest BCUT2D eigenvalue weighted by molar-refractivity contribution is -0.140. The average molecular weight is 460 g/mol. The molecule has 11 heteroatoms. The Hall–Kier alpha value is -3.52. The number of aromatic nitrogens is 3. The zero-order chi connectivity index (χ0) is 24.1. The summed E-state index contributed by atoms with van der Waals surface area (Å²) < 4.78 is 56.5. The van der Waals surface area contributed by atoms with Crippen LogP contribution >= 0.6 is 0 Å². The zero-order valence-electron chi connectivity index (χ0n) is 18.0. The van der Waals surface area contributed by atoms with E-state index in [1.54, 1.807) is 19.1 Å². The molecule has 172 valence electrons. The molecule has 7 nitrogen and oxygen atoms in total. The van der Waals surface area contributed by atoms with Gasteiger partial charge in [-0.1, -0.05) is 12.1 Å². The van der Waals surface area contributed by atoms with E-state index in [4.69, 9.17) is 0 Å². The highest BCUT2D eigenvalue weighted by Crippen LogP contribution is 2.41. The van der Waals surface area contributed by atoms with Gasteiger partial charge in [0.2, 0.25) is 0 Å². The summed E-state index contributed by atoms with van der Waals surface area (Å²) in [5, 5.41) is 29.7. The average Bonchev–Trinajstić information content (AvgIpc) is 2.72. The molecular weight excluding hydrogens is 440 g/mol. The molecule has 1 atom stereocenters. The van der Waals surface area contributed by atoms with Crippen molar-refractivity contribution in [2.24, 2.45) is 0 Å². The second kappa shape index (κ2) is 7.81. The third-order valence-corrected chi connectivity index (χ3v) is 5.61. The number of β-amino-alcohol motifs (C(OH)–C–C–N with tert-alkyl or cyclic N) is 1. The lowest BCUT2D eigenvalue weighted by Crippen LogP contribution is -2.60. The Balaban J connectivity index is 1.82. The number of hydrogen-bond acceptors (Lipinski definition) is 7. The fraction of sp³-hybridized carbons (Fsp3) is 0.364. The van der Waals surface area contributed by atoms with Crippen molar-refractivity contribution in [2.75, 3.05) is 23.3 Å². The van der Waals surface area contributed by atoms with E-state index in [2.05, 4.69) is 20.5 Å². The largest absolute Gasteiger partial charge is 0.435 e. The van der Waals surface area contributed by atoms with Crippen LogP contribution in [0.1, 0.15) is 41.3 Å². The van der Waals surface area contributed by atoms with E-state index in [0.717, 1.165) is 0 Å². The quantitative estimate of drug-likeness (QED) is 0.445. The summed E-state index contributed by atoms with van der Waals surface area (Å²) in [6.45, 7) is 4.59. The summed E-state index contributed by atoms with van der Waals surface area (Å²) in [6, 6.07) is 7.84. The maximum atomic E-state index is 15.2. The molecule has 2 N–H and O–H groups in total. The molecule has 1 aliphatic rings. The Morgan fingerprint density at radius 1 is 1.24 bits per heavy atom. The predicted octanol–water partition coefficient (Wildman–Crippen LogP) is 4.18. The number of alkyl halides is 4. The van der Waals surface area contributed by atoms with Crippen LogP contribution in [0.2, 0.25) is 0 Å². The molecular formula is C22H20F4N6O. The zero-order valence-corrected chi connectivity index (χ0v) is 18.0. The Morgan fingerprint density at radius 3 is 2.55 bits per heavy atom. The Kier molecular flexibility index (Phi) is 5.36. The SMILES string of the molecule is Cc1c(C#N)cccc1[C@@H](F)Nc1nnc(C)c2nc(C(F)(F)F)c(N3CC(C)(O)C3)cc12. The summed E-state index contributed by atoms with van der Waals surface area (Å²) >= 11 is 0. The summed E-state index contributed by atoms with van der Waals surface area (Å²) in [4.78, 5) is 5.19. The van der Waals surface area contributed by atoms with E-state index < -0.39 is 23.8 Å². The van der Waals surface area contributed by atoms with Gasteiger partial charge in [-0.3, -0.25) is 0 Å². The number of aryl methyl sites for hydroxylation is 1. The third kappa shape index (κ3) is 4.14. The van der Waals surface area contributed by atoms with Crippen molar-refractivity contribution >= 4 is 22.4 Å². The highest BCUT2D eigenvalue weighted by Gasteiger charge is 2.43. The van der Waals surface area contributed by atoms with E-state index in [1.165, 1.54) is 30.9 Å². The van der Waals surface area contributed by atoms with Gasteiger partial charge in [0.1, 0.15) is 0 Å². The van der Waals surface area contributed by atoms with Crippen LogP contribution in [0, 0.1) is 25.2 Å². The molecule has 0 saturated carbocycles. The van der Waals surface area contributed by atoms with E-state index in [-0.39, 0.29) is 46.8 Å². The van der Waals surface area contributed by atoms with Crippen molar-refractivity contribution < 1.29 is 22.7 Å². The minimum absolute atomic E-state index is 0.00456. The normalized spacial score (nSPS) is 16.3. The molecule has 0 unspecified atom stereocenters. The van der Waals surface area contributed by atoms with Crippen LogP contribution < -0.4 is 10.2 Å². The van der Waals surface area contributed by atoms with Gasteiger partial charge in [0.15, 0.2) is 17.8 Å². The number of benzene rings is 1. The first-order valence-electron chi connectivity index (χ1n) is 10.0. The first-order valence-corrected chi connectivity index (χ1v) is 10.0. The molecule has 1 fully saturated rings. The first-order chi connectivity index (χ1) is 15.4. The van der Waals surface area contributed by atoms with Crippen molar-refractivity contribution in [3.63, 3.8) is 0 Å². The van der Waals surface area contributed by atoms with Crippen LogP contribution in [0.25, 0.3) is 10.9 Å². The number of nitrogens with one attached hydrogen (secondary N) is 1.